The molecule has 1 aliphatic rings. The van der Waals surface area contributed by atoms with Gasteiger partial charge in [-0.2, -0.15) is 0 Å². The third-order valence-corrected chi connectivity index (χ3v) is 3.29. The van der Waals surface area contributed by atoms with Crippen molar-refractivity contribution < 1.29 is 19.7 Å². The van der Waals surface area contributed by atoms with E-state index >= 15 is 0 Å². The summed E-state index contributed by atoms with van der Waals surface area (Å²) < 4.78 is 5.27. The second-order valence-corrected chi connectivity index (χ2v) is 6.20. The number of carbonyl (C=O) groups is 1. The van der Waals surface area contributed by atoms with Crippen molar-refractivity contribution in [3.05, 3.63) is 54.1 Å². The van der Waals surface area contributed by atoms with Gasteiger partial charge in [0.25, 0.3) is 0 Å². The van der Waals surface area contributed by atoms with E-state index in [2.05, 4.69) is 5.32 Å². The van der Waals surface area contributed by atoms with E-state index in [1.165, 1.54) is 6.07 Å². The zero-order valence-corrected chi connectivity index (χ0v) is 12.9. The number of rotatable bonds is 2. The van der Waals surface area contributed by atoms with E-state index in [1.54, 1.807) is 63.3 Å². The predicted molar refractivity (Wildman–Crippen MR) is 83.4 cm³/mol. The van der Waals surface area contributed by atoms with E-state index in [-0.39, 0.29) is 5.75 Å². The highest BCUT2D eigenvalue weighted by molar-refractivity contribution is 5.71. The van der Waals surface area contributed by atoms with Gasteiger partial charge in [0.15, 0.2) is 0 Å². The molecule has 3 N–H and O–H groups in total. The number of nitrogens with one attached hydrogen (secondary N) is 1. The fraction of sp³-hybridized carbons (Fsp3) is 0.353. The molecule has 5 nitrogen and oxygen atoms in total. The van der Waals surface area contributed by atoms with Gasteiger partial charge in [0, 0.05) is 5.56 Å². The first-order valence-corrected chi connectivity index (χ1v) is 7.08. The van der Waals surface area contributed by atoms with Crippen LogP contribution in [-0.2, 0) is 10.3 Å². The molecule has 0 heterocycles. The molecule has 0 spiro atoms. The van der Waals surface area contributed by atoms with Crippen LogP contribution in [0.25, 0.3) is 0 Å². The van der Waals surface area contributed by atoms with Crippen molar-refractivity contribution in [2.24, 2.45) is 0 Å². The van der Waals surface area contributed by atoms with Crippen molar-refractivity contribution in [1.29, 1.82) is 0 Å². The number of alkyl carbamates (subject to hydrolysis) is 1. The van der Waals surface area contributed by atoms with Gasteiger partial charge < -0.3 is 20.3 Å². The fourth-order valence-electron chi connectivity index (χ4n) is 2.36. The molecule has 2 atom stereocenters. The molecular weight excluding hydrogens is 282 g/mol. The number of phenolic OH excluding ortho intramolecular Hbond substituents is 1. The molecule has 0 bridgehead atoms. The number of phenols is 1. The smallest absolute Gasteiger partial charge is 0.408 e. The van der Waals surface area contributed by atoms with Gasteiger partial charge in [-0.1, -0.05) is 42.5 Å². The molecule has 1 aromatic carbocycles. The average Bonchev–Trinajstić information content (AvgIpc) is 2.40. The van der Waals surface area contributed by atoms with Crippen molar-refractivity contribution in [1.82, 2.24) is 5.32 Å². The summed E-state index contributed by atoms with van der Waals surface area (Å²) in [5, 5.41) is 23.2. The third kappa shape index (κ3) is 3.31. The third-order valence-electron chi connectivity index (χ3n) is 3.29. The second-order valence-electron chi connectivity index (χ2n) is 6.20. The van der Waals surface area contributed by atoms with Crippen LogP contribution >= 0.6 is 0 Å². The molecular formula is C17H21NO4. The summed E-state index contributed by atoms with van der Waals surface area (Å²) in [4.78, 5) is 12.2. The molecule has 2 rings (SSSR count). The first-order valence-electron chi connectivity index (χ1n) is 7.08. The fourth-order valence-corrected chi connectivity index (χ4v) is 2.36. The number of benzene rings is 1. The Morgan fingerprint density at radius 3 is 2.55 bits per heavy atom. The van der Waals surface area contributed by atoms with Crippen LogP contribution in [0.5, 0.6) is 5.75 Å². The number of amides is 1. The normalized spacial score (nSPS) is 24.1. The van der Waals surface area contributed by atoms with Crippen LogP contribution in [0.1, 0.15) is 26.3 Å². The maximum atomic E-state index is 12.2. The monoisotopic (exact) mass is 303 g/mol. The van der Waals surface area contributed by atoms with Crippen molar-refractivity contribution in [3.8, 4) is 5.75 Å². The number of carbonyl (C=O) groups excluding carboxylic acids is 1. The van der Waals surface area contributed by atoms with Gasteiger partial charge in [0.1, 0.15) is 23.0 Å². The number of allylic oxidation sites excluding steroid dienone is 2. The standard InChI is InChI=1S/C17H21NO4/c1-16(2,3)22-15(21)18-17(11-7-6-10-14(17)20)12-8-4-5-9-13(12)19/h4-11,14,19-20H,1-3H3,(H,18,21). The molecule has 0 radical (unpaired) electrons. The Balaban J connectivity index is 2.40. The summed E-state index contributed by atoms with van der Waals surface area (Å²) in [7, 11) is 0. The molecule has 1 amide bonds. The van der Waals surface area contributed by atoms with Crippen molar-refractivity contribution >= 4 is 6.09 Å². The number of ether oxygens (including phenoxy) is 1. The zero-order chi connectivity index (χ0) is 16.4. The molecule has 0 aromatic heterocycles. The van der Waals surface area contributed by atoms with Crippen LogP contribution in [0.2, 0.25) is 0 Å². The summed E-state index contributed by atoms with van der Waals surface area (Å²) in [5.74, 6) is -0.0161. The topological polar surface area (TPSA) is 78.8 Å². The molecule has 2 unspecified atom stereocenters. The lowest BCUT2D eigenvalue weighted by Crippen LogP contribution is -2.53. The summed E-state index contributed by atoms with van der Waals surface area (Å²) >= 11 is 0. The molecule has 0 saturated carbocycles. The number of hydrogen-bond donors (Lipinski definition) is 3. The van der Waals surface area contributed by atoms with Crippen molar-refractivity contribution in [2.45, 2.75) is 38.0 Å². The Kier molecular flexibility index (Phi) is 4.28. The lowest BCUT2D eigenvalue weighted by Gasteiger charge is -2.37. The van der Waals surface area contributed by atoms with E-state index in [0.717, 1.165) is 0 Å². The zero-order valence-electron chi connectivity index (χ0n) is 12.9. The predicted octanol–water partition coefficient (Wildman–Crippen LogP) is 2.60. The molecule has 1 aromatic rings. The van der Waals surface area contributed by atoms with Crippen molar-refractivity contribution in [2.75, 3.05) is 0 Å². The molecule has 0 fully saturated rings. The maximum Gasteiger partial charge on any atom is 0.408 e. The maximum absolute atomic E-state index is 12.2. The summed E-state index contributed by atoms with van der Waals surface area (Å²) in [5.41, 5.74) is -1.54. The lowest BCUT2D eigenvalue weighted by molar-refractivity contribution is 0.0374. The first-order chi connectivity index (χ1) is 10.2. The number of hydrogen-bond acceptors (Lipinski definition) is 4. The van der Waals surface area contributed by atoms with Crippen LogP contribution in [0.4, 0.5) is 4.79 Å². The van der Waals surface area contributed by atoms with Crippen LogP contribution < -0.4 is 5.32 Å². The van der Waals surface area contributed by atoms with E-state index < -0.39 is 23.3 Å². The van der Waals surface area contributed by atoms with Crippen LogP contribution in [-0.4, -0.2) is 28.0 Å². The van der Waals surface area contributed by atoms with E-state index in [1.807, 2.05) is 0 Å². The quantitative estimate of drug-likeness (QED) is 0.784. The van der Waals surface area contributed by atoms with E-state index in [0.29, 0.717) is 5.56 Å². The number of aliphatic hydroxyl groups excluding tert-OH is 1. The van der Waals surface area contributed by atoms with E-state index in [9.17, 15) is 15.0 Å². The average molecular weight is 303 g/mol. The second kappa shape index (κ2) is 5.85. The largest absolute Gasteiger partial charge is 0.508 e. The van der Waals surface area contributed by atoms with Gasteiger partial charge >= 0.3 is 6.09 Å². The highest BCUT2D eigenvalue weighted by Gasteiger charge is 2.41. The van der Waals surface area contributed by atoms with Gasteiger partial charge in [-0.25, -0.2) is 4.79 Å². The SMILES string of the molecule is CC(C)(C)OC(=O)NC1(c2ccccc2O)C=CC=CC1O. The molecule has 5 heteroatoms. The van der Waals surface area contributed by atoms with E-state index in [4.69, 9.17) is 4.74 Å². The Morgan fingerprint density at radius 1 is 1.27 bits per heavy atom. The van der Waals surface area contributed by atoms with Crippen LogP contribution in [0.3, 0.4) is 0 Å². The Bertz CT molecular complexity index is 615. The van der Waals surface area contributed by atoms with Gasteiger partial charge in [-0.15, -0.1) is 0 Å². The highest BCUT2D eigenvalue weighted by Crippen LogP contribution is 2.36. The molecule has 0 aliphatic heterocycles. The number of aromatic hydroxyl groups is 1. The molecule has 0 saturated heterocycles. The van der Waals surface area contributed by atoms with Gasteiger partial charge in [0.05, 0.1) is 0 Å². The molecule has 22 heavy (non-hydrogen) atoms. The number of aliphatic hydroxyl groups is 1. The summed E-state index contributed by atoms with van der Waals surface area (Å²) in [6, 6.07) is 6.56. The first kappa shape index (κ1) is 16.1. The Hall–Kier alpha value is -2.27. The van der Waals surface area contributed by atoms with Gasteiger partial charge in [-0.05, 0) is 26.8 Å². The minimum absolute atomic E-state index is 0.0161. The lowest BCUT2D eigenvalue weighted by atomic mass is 9.81. The van der Waals surface area contributed by atoms with Gasteiger partial charge in [0.2, 0.25) is 0 Å². The van der Waals surface area contributed by atoms with Crippen LogP contribution in [0, 0.1) is 0 Å². The highest BCUT2D eigenvalue weighted by atomic mass is 16.6. The minimum atomic E-state index is -1.28. The summed E-state index contributed by atoms with van der Waals surface area (Å²) in [6.07, 6.45) is 4.87. The van der Waals surface area contributed by atoms with Crippen LogP contribution in [0.15, 0.2) is 48.6 Å². The minimum Gasteiger partial charge on any atom is -0.508 e. The van der Waals surface area contributed by atoms with Crippen molar-refractivity contribution in [3.63, 3.8) is 0 Å². The van der Waals surface area contributed by atoms with Gasteiger partial charge in [-0.3, -0.25) is 0 Å². The Labute approximate surface area is 129 Å². The summed E-state index contributed by atoms with van der Waals surface area (Å²) in [6.45, 7) is 5.27. The number of para-hydroxylation sites is 1. The Morgan fingerprint density at radius 2 is 1.95 bits per heavy atom. The molecule has 1 aliphatic carbocycles. The molecule has 118 valence electrons.